The first-order valence-electron chi connectivity index (χ1n) is 9.13. The molecule has 0 aliphatic rings. The summed E-state index contributed by atoms with van der Waals surface area (Å²) in [7, 11) is -1.02. The Bertz CT molecular complexity index is 469. The first-order chi connectivity index (χ1) is 11.8. The number of quaternary nitrogens is 1. The van der Waals surface area contributed by atoms with Crippen molar-refractivity contribution < 1.29 is 37.6 Å². The van der Waals surface area contributed by atoms with Crippen LogP contribution in [0.1, 0.15) is 57.8 Å². The van der Waals surface area contributed by atoms with E-state index in [1.54, 1.807) is 0 Å². The van der Waals surface area contributed by atoms with Gasteiger partial charge in [0.25, 0.3) is 5.08 Å². The van der Waals surface area contributed by atoms with Crippen LogP contribution in [0.2, 0.25) is 0 Å². The highest BCUT2D eigenvalue weighted by Crippen LogP contribution is 2.73. The van der Waals surface area contributed by atoms with Crippen molar-refractivity contribution in [1.82, 2.24) is 0 Å². The lowest BCUT2D eigenvalue weighted by Crippen LogP contribution is -2.35. The van der Waals surface area contributed by atoms with Crippen molar-refractivity contribution >= 4 is 15.2 Å². The molecular weight excluding hydrogens is 380 g/mol. The van der Waals surface area contributed by atoms with E-state index in [4.69, 9.17) is 0 Å². The average molecular weight is 418 g/mol. The highest BCUT2D eigenvalue weighted by atomic mass is 31.2. The van der Waals surface area contributed by atoms with Crippen molar-refractivity contribution in [3.8, 4) is 0 Å². The third kappa shape index (κ3) is 8.49. The number of hydrogen-bond acceptors (Lipinski definition) is 5. The van der Waals surface area contributed by atoms with Crippen LogP contribution in [0, 0.1) is 0 Å². The van der Waals surface area contributed by atoms with E-state index in [9.17, 15) is 24.0 Å². The lowest BCUT2D eigenvalue weighted by atomic mass is 10.1. The number of aliphatic hydroxyl groups is 1. The van der Waals surface area contributed by atoms with Crippen LogP contribution >= 0.6 is 15.2 Å². The van der Waals surface area contributed by atoms with Gasteiger partial charge in [-0.05, 0) is 25.7 Å². The maximum absolute atomic E-state index is 12.0. The molecule has 0 saturated carbocycles. The standard InChI is InChI=1S/C16H37NO7P2/c1-17(2,3)15-13-11-9-7-6-8-10-12-14-16(18,25(19,20)23-4)26(21,22)24-5/h18H,6-15H2,1-5H3,(H-,19,20,21,22)/p+1. The second kappa shape index (κ2) is 11.3. The van der Waals surface area contributed by atoms with Gasteiger partial charge in [-0.2, -0.15) is 0 Å². The molecule has 0 aromatic rings. The Hall–Kier alpha value is 0.220. The van der Waals surface area contributed by atoms with E-state index in [1.165, 1.54) is 25.8 Å². The first kappa shape index (κ1) is 26.2. The van der Waals surface area contributed by atoms with Crippen LogP contribution in [0.3, 0.4) is 0 Å². The van der Waals surface area contributed by atoms with Gasteiger partial charge in [0.2, 0.25) is 0 Å². The molecule has 0 aromatic heterocycles. The number of rotatable bonds is 15. The molecule has 0 aromatic carbocycles. The fourth-order valence-corrected chi connectivity index (χ4v) is 5.98. The van der Waals surface area contributed by atoms with E-state index in [1.807, 2.05) is 0 Å². The lowest BCUT2D eigenvalue weighted by Gasteiger charge is -2.32. The number of hydrogen-bond donors (Lipinski definition) is 3. The Morgan fingerprint density at radius 1 is 0.769 bits per heavy atom. The van der Waals surface area contributed by atoms with Gasteiger partial charge in [0.15, 0.2) is 0 Å². The summed E-state index contributed by atoms with van der Waals surface area (Å²) in [6.07, 6.45) is 7.33. The molecule has 26 heavy (non-hydrogen) atoms. The van der Waals surface area contributed by atoms with Gasteiger partial charge in [-0.25, -0.2) is 0 Å². The molecule has 8 nitrogen and oxygen atoms in total. The van der Waals surface area contributed by atoms with Crippen molar-refractivity contribution in [2.45, 2.75) is 62.9 Å². The average Bonchev–Trinajstić information content (AvgIpc) is 2.54. The molecule has 2 atom stereocenters. The summed E-state index contributed by atoms with van der Waals surface area (Å²) in [5.41, 5.74) is 0. The Kier molecular flexibility index (Phi) is 11.4. The van der Waals surface area contributed by atoms with Crippen LogP contribution in [0.15, 0.2) is 0 Å². The highest BCUT2D eigenvalue weighted by Gasteiger charge is 2.60. The predicted molar refractivity (Wildman–Crippen MR) is 103 cm³/mol. The Balaban J connectivity index is 4.16. The van der Waals surface area contributed by atoms with Gasteiger partial charge in [0, 0.05) is 14.2 Å². The van der Waals surface area contributed by atoms with Gasteiger partial charge < -0.3 is 28.4 Å². The summed E-state index contributed by atoms with van der Waals surface area (Å²) in [4.78, 5) is 19.5. The molecule has 0 rings (SSSR count). The minimum Gasteiger partial charge on any atom is -0.368 e. The Morgan fingerprint density at radius 2 is 1.12 bits per heavy atom. The van der Waals surface area contributed by atoms with Crippen LogP contribution in [-0.2, 0) is 18.2 Å². The monoisotopic (exact) mass is 418 g/mol. The molecule has 0 bridgehead atoms. The SMILES string of the molecule is COP(=O)(O)C(O)(CCCCCCCCCC[N+](C)(C)C)P(=O)(O)OC. The molecule has 0 saturated heterocycles. The molecule has 0 spiro atoms. The summed E-state index contributed by atoms with van der Waals surface area (Å²) in [6.45, 7) is 1.17. The lowest BCUT2D eigenvalue weighted by molar-refractivity contribution is -0.870. The van der Waals surface area contributed by atoms with E-state index in [0.717, 1.165) is 38.0 Å². The highest BCUT2D eigenvalue weighted by molar-refractivity contribution is 7.72. The third-order valence-electron chi connectivity index (χ3n) is 4.49. The van der Waals surface area contributed by atoms with E-state index >= 15 is 0 Å². The second-order valence-electron chi connectivity index (χ2n) is 7.77. The van der Waals surface area contributed by atoms with Gasteiger partial charge in [0.05, 0.1) is 27.7 Å². The zero-order valence-corrected chi connectivity index (χ0v) is 18.7. The fraction of sp³-hybridized carbons (Fsp3) is 1.00. The van der Waals surface area contributed by atoms with E-state index in [0.29, 0.717) is 12.8 Å². The van der Waals surface area contributed by atoms with Gasteiger partial charge in [-0.1, -0.05) is 32.1 Å². The van der Waals surface area contributed by atoms with Crippen LogP contribution in [0.4, 0.5) is 0 Å². The molecule has 0 radical (unpaired) electrons. The van der Waals surface area contributed by atoms with Crippen LogP contribution in [0.25, 0.3) is 0 Å². The summed E-state index contributed by atoms with van der Waals surface area (Å²) < 4.78 is 33.8. The maximum atomic E-state index is 12.0. The van der Waals surface area contributed by atoms with Crippen LogP contribution in [0.5, 0.6) is 0 Å². The van der Waals surface area contributed by atoms with E-state index in [2.05, 4.69) is 30.2 Å². The summed E-state index contributed by atoms with van der Waals surface area (Å²) in [5.74, 6) is 0. The van der Waals surface area contributed by atoms with Gasteiger partial charge >= 0.3 is 15.2 Å². The van der Waals surface area contributed by atoms with Crippen LogP contribution < -0.4 is 0 Å². The first-order valence-corrected chi connectivity index (χ1v) is 12.3. The van der Waals surface area contributed by atoms with Gasteiger partial charge in [-0.3, -0.25) is 9.13 Å². The molecule has 0 aliphatic carbocycles. The van der Waals surface area contributed by atoms with Crippen LogP contribution in [-0.4, -0.2) is 66.4 Å². The predicted octanol–water partition coefficient (Wildman–Crippen LogP) is 3.51. The molecule has 0 aliphatic heterocycles. The fourth-order valence-electron chi connectivity index (χ4n) is 2.74. The molecule has 10 heteroatoms. The minimum absolute atomic E-state index is 0.333. The van der Waals surface area contributed by atoms with Crippen molar-refractivity contribution in [1.29, 1.82) is 0 Å². The van der Waals surface area contributed by atoms with Crippen molar-refractivity contribution in [3.63, 3.8) is 0 Å². The minimum atomic E-state index is -4.71. The molecule has 0 fully saturated rings. The molecule has 3 N–H and O–H groups in total. The van der Waals surface area contributed by atoms with Crippen molar-refractivity contribution in [2.75, 3.05) is 41.9 Å². The molecule has 2 unspecified atom stereocenters. The molecule has 0 heterocycles. The normalized spacial score (nSPS) is 19.5. The second-order valence-corrected chi connectivity index (χ2v) is 12.4. The topological polar surface area (TPSA) is 113 Å². The maximum Gasteiger partial charge on any atom is 0.371 e. The molecule has 0 amide bonds. The van der Waals surface area contributed by atoms with E-state index < -0.39 is 20.3 Å². The molecular formula is C16H38NO7P2+. The Morgan fingerprint density at radius 3 is 1.46 bits per heavy atom. The summed E-state index contributed by atoms with van der Waals surface area (Å²) in [6, 6.07) is 0. The smallest absolute Gasteiger partial charge is 0.368 e. The van der Waals surface area contributed by atoms with Gasteiger partial charge in [-0.15, -0.1) is 0 Å². The third-order valence-corrected chi connectivity index (χ3v) is 9.25. The summed E-state index contributed by atoms with van der Waals surface area (Å²) in [5, 5.41) is 7.56. The van der Waals surface area contributed by atoms with Gasteiger partial charge in [0.1, 0.15) is 0 Å². The van der Waals surface area contributed by atoms with Crippen molar-refractivity contribution in [3.05, 3.63) is 0 Å². The Labute approximate surface area is 158 Å². The molecule has 158 valence electrons. The summed E-state index contributed by atoms with van der Waals surface area (Å²) >= 11 is 0. The number of unbranched alkanes of at least 4 members (excludes halogenated alkanes) is 7. The van der Waals surface area contributed by atoms with Crippen molar-refractivity contribution in [2.24, 2.45) is 0 Å². The largest absolute Gasteiger partial charge is 0.371 e. The zero-order valence-electron chi connectivity index (χ0n) is 16.9. The quantitative estimate of drug-likeness (QED) is 0.212. The zero-order chi connectivity index (χ0) is 20.5. The number of nitrogens with zero attached hydrogens (tertiary/aromatic N) is 1. The van der Waals surface area contributed by atoms with E-state index in [-0.39, 0.29) is 6.42 Å².